The Hall–Kier alpha value is -2.27. The summed E-state index contributed by atoms with van der Waals surface area (Å²) in [6, 6.07) is 10.4. The average molecular weight is 325 g/mol. The maximum atomic E-state index is 13.5. The zero-order chi connectivity index (χ0) is 16.6. The number of halogens is 1. The number of pyridine rings is 1. The van der Waals surface area contributed by atoms with Crippen LogP contribution in [0, 0.1) is 11.2 Å². The van der Waals surface area contributed by atoms with Gasteiger partial charge in [0.2, 0.25) is 5.91 Å². The van der Waals surface area contributed by atoms with Gasteiger partial charge in [-0.05, 0) is 48.9 Å². The number of aromatic nitrogens is 1. The van der Waals surface area contributed by atoms with Crippen LogP contribution >= 0.6 is 0 Å². The van der Waals surface area contributed by atoms with Gasteiger partial charge in [0, 0.05) is 49.6 Å². The van der Waals surface area contributed by atoms with Crippen LogP contribution in [0.2, 0.25) is 0 Å². The first kappa shape index (κ1) is 15.3. The number of anilines is 1. The number of likely N-dealkylation sites (tertiary alicyclic amines) is 1. The molecule has 1 atom stereocenters. The van der Waals surface area contributed by atoms with Crippen LogP contribution in [0.25, 0.3) is 0 Å². The normalized spacial score (nSPS) is 24.2. The predicted octanol–water partition coefficient (Wildman–Crippen LogP) is 2.85. The molecule has 0 unspecified atom stereocenters. The molecule has 3 heterocycles. The second kappa shape index (κ2) is 5.98. The molecule has 1 spiro atoms. The summed E-state index contributed by atoms with van der Waals surface area (Å²) in [5, 5.41) is 0. The van der Waals surface area contributed by atoms with Gasteiger partial charge in [0.1, 0.15) is 5.82 Å². The molecule has 2 aliphatic rings. The first-order valence-corrected chi connectivity index (χ1v) is 8.31. The molecule has 4 rings (SSSR count). The highest BCUT2D eigenvalue weighted by atomic mass is 19.1. The van der Waals surface area contributed by atoms with Gasteiger partial charge in [-0.2, -0.15) is 0 Å². The average Bonchev–Trinajstić information content (AvgIpc) is 3.11. The Morgan fingerprint density at radius 3 is 2.79 bits per heavy atom. The minimum absolute atomic E-state index is 0.00354. The molecule has 0 aliphatic carbocycles. The Morgan fingerprint density at radius 2 is 2.00 bits per heavy atom. The van der Waals surface area contributed by atoms with E-state index in [0.717, 1.165) is 26.1 Å². The van der Waals surface area contributed by atoms with Crippen molar-refractivity contribution in [3.8, 4) is 0 Å². The molecule has 1 amide bonds. The number of amides is 1. The van der Waals surface area contributed by atoms with Crippen molar-refractivity contribution in [3.63, 3.8) is 0 Å². The Balaban J connectivity index is 1.47. The van der Waals surface area contributed by atoms with Crippen LogP contribution in [-0.2, 0) is 11.3 Å². The number of carbonyl (C=O) groups excluding carboxylic acids is 1. The maximum absolute atomic E-state index is 13.5. The highest BCUT2D eigenvalue weighted by molar-refractivity contribution is 5.96. The van der Waals surface area contributed by atoms with Crippen LogP contribution in [0.15, 0.2) is 48.8 Å². The lowest BCUT2D eigenvalue weighted by molar-refractivity contribution is -0.117. The largest absolute Gasteiger partial charge is 0.312 e. The highest BCUT2D eigenvalue weighted by Gasteiger charge is 2.47. The standard InChI is InChI=1S/C19H20FN3O/c20-16-2-1-3-17(10-16)23-14-19(11-18(23)24)6-9-22(13-19)12-15-4-7-21-8-5-15/h1-5,7-8,10H,6,9,11-14H2/t19-/m0/s1. The van der Waals surface area contributed by atoms with E-state index >= 15 is 0 Å². The molecule has 124 valence electrons. The number of hydrogen-bond donors (Lipinski definition) is 0. The molecule has 1 aromatic carbocycles. The number of rotatable bonds is 3. The van der Waals surface area contributed by atoms with Gasteiger partial charge in [0.15, 0.2) is 0 Å². The van der Waals surface area contributed by atoms with Gasteiger partial charge >= 0.3 is 0 Å². The van der Waals surface area contributed by atoms with Crippen molar-refractivity contribution in [1.29, 1.82) is 0 Å². The van der Waals surface area contributed by atoms with E-state index in [2.05, 4.69) is 9.88 Å². The van der Waals surface area contributed by atoms with E-state index in [-0.39, 0.29) is 17.1 Å². The second-order valence-electron chi connectivity index (χ2n) is 6.95. The van der Waals surface area contributed by atoms with Crippen LogP contribution in [0.4, 0.5) is 10.1 Å². The first-order chi connectivity index (χ1) is 11.6. The van der Waals surface area contributed by atoms with E-state index in [1.807, 2.05) is 30.6 Å². The van der Waals surface area contributed by atoms with Crippen molar-refractivity contribution in [2.45, 2.75) is 19.4 Å². The summed E-state index contributed by atoms with van der Waals surface area (Å²) >= 11 is 0. The lowest BCUT2D eigenvalue weighted by atomic mass is 9.86. The number of hydrogen-bond acceptors (Lipinski definition) is 3. The van der Waals surface area contributed by atoms with E-state index in [4.69, 9.17) is 0 Å². The molecule has 2 fully saturated rings. The lowest BCUT2D eigenvalue weighted by Gasteiger charge is -2.24. The van der Waals surface area contributed by atoms with Crippen LogP contribution in [0.1, 0.15) is 18.4 Å². The van der Waals surface area contributed by atoms with Gasteiger partial charge in [-0.15, -0.1) is 0 Å². The summed E-state index contributed by atoms with van der Waals surface area (Å²) in [7, 11) is 0. The van der Waals surface area contributed by atoms with Gasteiger partial charge in [-0.3, -0.25) is 14.7 Å². The van der Waals surface area contributed by atoms with Crippen molar-refractivity contribution < 1.29 is 9.18 Å². The fourth-order valence-electron chi connectivity index (χ4n) is 3.96. The highest BCUT2D eigenvalue weighted by Crippen LogP contribution is 2.42. The molecule has 0 bridgehead atoms. The molecular weight excluding hydrogens is 305 g/mol. The van der Waals surface area contributed by atoms with Gasteiger partial charge in [0.05, 0.1) is 0 Å². The van der Waals surface area contributed by atoms with Crippen LogP contribution in [0.5, 0.6) is 0 Å². The van der Waals surface area contributed by atoms with Gasteiger partial charge in [-0.25, -0.2) is 4.39 Å². The molecule has 0 N–H and O–H groups in total. The fourth-order valence-corrected chi connectivity index (χ4v) is 3.96. The lowest BCUT2D eigenvalue weighted by Crippen LogP contribution is -2.31. The molecule has 0 saturated carbocycles. The van der Waals surface area contributed by atoms with E-state index < -0.39 is 0 Å². The molecule has 24 heavy (non-hydrogen) atoms. The Labute approximate surface area is 140 Å². The van der Waals surface area contributed by atoms with E-state index in [9.17, 15) is 9.18 Å². The van der Waals surface area contributed by atoms with Crippen LogP contribution in [0.3, 0.4) is 0 Å². The summed E-state index contributed by atoms with van der Waals surface area (Å²) in [6.45, 7) is 3.47. The minimum Gasteiger partial charge on any atom is -0.312 e. The summed E-state index contributed by atoms with van der Waals surface area (Å²) in [5.41, 5.74) is 1.91. The summed E-state index contributed by atoms with van der Waals surface area (Å²) in [4.78, 5) is 20.7. The number of carbonyl (C=O) groups is 1. The van der Waals surface area contributed by atoms with Gasteiger partial charge in [0.25, 0.3) is 0 Å². The van der Waals surface area contributed by atoms with Gasteiger partial charge in [-0.1, -0.05) is 6.07 Å². The van der Waals surface area contributed by atoms with Crippen molar-refractivity contribution >= 4 is 11.6 Å². The minimum atomic E-state index is -0.299. The van der Waals surface area contributed by atoms with Crippen molar-refractivity contribution in [3.05, 3.63) is 60.2 Å². The Kier molecular flexibility index (Phi) is 3.81. The molecule has 1 aromatic heterocycles. The van der Waals surface area contributed by atoms with Gasteiger partial charge < -0.3 is 4.90 Å². The Bertz CT molecular complexity index is 751. The topological polar surface area (TPSA) is 36.4 Å². The fraction of sp³-hybridized carbons (Fsp3) is 0.368. The second-order valence-corrected chi connectivity index (χ2v) is 6.95. The van der Waals surface area contributed by atoms with E-state index in [0.29, 0.717) is 18.7 Å². The number of nitrogens with zero attached hydrogens (tertiary/aromatic N) is 3. The molecule has 2 saturated heterocycles. The van der Waals surface area contributed by atoms with Crippen molar-refractivity contribution in [2.24, 2.45) is 5.41 Å². The summed E-state index contributed by atoms with van der Waals surface area (Å²) in [5.74, 6) is -0.196. The van der Waals surface area contributed by atoms with E-state index in [1.165, 1.54) is 17.7 Å². The molecule has 2 aromatic rings. The zero-order valence-electron chi connectivity index (χ0n) is 13.5. The molecule has 4 nitrogen and oxygen atoms in total. The van der Waals surface area contributed by atoms with Crippen LogP contribution < -0.4 is 4.90 Å². The third-order valence-corrected chi connectivity index (χ3v) is 5.11. The third kappa shape index (κ3) is 2.91. The summed E-state index contributed by atoms with van der Waals surface area (Å²) < 4.78 is 13.5. The quantitative estimate of drug-likeness (QED) is 0.871. The SMILES string of the molecule is O=C1C[C@]2(CCN(Cc3ccncc3)C2)CN1c1cccc(F)c1. The van der Waals surface area contributed by atoms with Crippen molar-refractivity contribution in [2.75, 3.05) is 24.5 Å². The molecule has 5 heteroatoms. The molecular formula is C19H20FN3O. The van der Waals surface area contributed by atoms with Crippen LogP contribution in [-0.4, -0.2) is 35.4 Å². The van der Waals surface area contributed by atoms with Crippen molar-refractivity contribution in [1.82, 2.24) is 9.88 Å². The smallest absolute Gasteiger partial charge is 0.227 e. The summed E-state index contributed by atoms with van der Waals surface area (Å²) in [6.07, 6.45) is 5.18. The molecule has 0 radical (unpaired) electrons. The van der Waals surface area contributed by atoms with E-state index in [1.54, 1.807) is 11.0 Å². The Morgan fingerprint density at radius 1 is 1.17 bits per heavy atom. The molecule has 2 aliphatic heterocycles. The monoisotopic (exact) mass is 325 g/mol. The third-order valence-electron chi connectivity index (χ3n) is 5.11. The number of benzene rings is 1. The zero-order valence-corrected chi connectivity index (χ0v) is 13.5. The first-order valence-electron chi connectivity index (χ1n) is 8.31. The predicted molar refractivity (Wildman–Crippen MR) is 89.9 cm³/mol. The maximum Gasteiger partial charge on any atom is 0.227 e.